The van der Waals surface area contributed by atoms with Gasteiger partial charge in [-0.2, -0.15) is 0 Å². The summed E-state index contributed by atoms with van der Waals surface area (Å²) in [4.78, 5) is 34.9. The molecule has 0 N–H and O–H groups in total. The van der Waals surface area contributed by atoms with Gasteiger partial charge in [0.2, 0.25) is 0 Å². The van der Waals surface area contributed by atoms with Crippen LogP contribution in [-0.4, -0.2) is 69.6 Å². The van der Waals surface area contributed by atoms with Crippen LogP contribution in [0.3, 0.4) is 0 Å². The molecule has 1 saturated heterocycles. The van der Waals surface area contributed by atoms with Crippen LogP contribution in [-0.2, 0) is 28.5 Å². The van der Waals surface area contributed by atoms with Crippen molar-refractivity contribution in [1.82, 2.24) is 4.90 Å². The van der Waals surface area contributed by atoms with E-state index in [1.807, 2.05) is 0 Å². The third kappa shape index (κ3) is 6.19. The largest absolute Gasteiger partial charge is 0.466 e. The Kier molecular flexibility index (Phi) is 7.12. The number of hydrogen-bond acceptors (Lipinski definition) is 7. The van der Waals surface area contributed by atoms with Crippen LogP contribution in [0.4, 0.5) is 4.79 Å². The van der Waals surface area contributed by atoms with Crippen molar-refractivity contribution in [3.05, 3.63) is 12.2 Å². The van der Waals surface area contributed by atoms with Crippen molar-refractivity contribution in [3.63, 3.8) is 0 Å². The fourth-order valence-electron chi connectivity index (χ4n) is 1.36. The number of esters is 2. The van der Waals surface area contributed by atoms with Gasteiger partial charge in [-0.3, -0.25) is 0 Å². The lowest BCUT2D eigenvalue weighted by molar-refractivity contribution is -0.140. The maximum Gasteiger partial charge on any atom is 0.410 e. The first-order valence-electron chi connectivity index (χ1n) is 6.05. The van der Waals surface area contributed by atoms with Crippen molar-refractivity contribution in [2.24, 2.45) is 0 Å². The molecule has 0 aromatic carbocycles. The van der Waals surface area contributed by atoms with Gasteiger partial charge in [0.1, 0.15) is 13.2 Å². The molecule has 0 atom stereocenters. The van der Waals surface area contributed by atoms with E-state index < -0.39 is 18.0 Å². The Bertz CT molecular complexity index is 374. The lowest BCUT2D eigenvalue weighted by atomic mass is 10.5. The van der Waals surface area contributed by atoms with Gasteiger partial charge >= 0.3 is 18.0 Å². The molecule has 1 fully saturated rings. The second-order valence-electron chi connectivity index (χ2n) is 3.74. The quantitative estimate of drug-likeness (QED) is 0.297. The van der Waals surface area contributed by atoms with E-state index in [1.54, 1.807) is 0 Å². The number of ether oxygens (including phenoxy) is 4. The highest BCUT2D eigenvalue weighted by Gasteiger charge is 2.17. The molecule has 20 heavy (non-hydrogen) atoms. The van der Waals surface area contributed by atoms with Gasteiger partial charge in [0.25, 0.3) is 0 Å². The van der Waals surface area contributed by atoms with Crippen molar-refractivity contribution in [2.75, 3.05) is 46.6 Å². The molecular formula is C12H17NO7. The Hall–Kier alpha value is -2.09. The Labute approximate surface area is 116 Å². The van der Waals surface area contributed by atoms with Gasteiger partial charge in [-0.1, -0.05) is 0 Å². The SMILES string of the molecule is COC(=O)/C=C/C(=O)OCCOC(=O)N1CCOCC1. The van der Waals surface area contributed by atoms with Gasteiger partial charge < -0.3 is 23.8 Å². The Morgan fingerprint density at radius 1 is 1.05 bits per heavy atom. The highest BCUT2D eigenvalue weighted by Crippen LogP contribution is 1.99. The van der Waals surface area contributed by atoms with Gasteiger partial charge in [-0.15, -0.1) is 0 Å². The third-order valence-electron chi connectivity index (χ3n) is 2.38. The number of nitrogens with zero attached hydrogens (tertiary/aromatic N) is 1. The fraction of sp³-hybridized carbons (Fsp3) is 0.583. The van der Waals surface area contributed by atoms with E-state index in [9.17, 15) is 14.4 Å². The summed E-state index contributed by atoms with van der Waals surface area (Å²) in [6.07, 6.45) is 1.42. The smallest absolute Gasteiger partial charge is 0.410 e. The molecule has 1 aliphatic rings. The number of rotatable bonds is 5. The summed E-state index contributed by atoms with van der Waals surface area (Å²) >= 11 is 0. The van der Waals surface area contributed by atoms with E-state index >= 15 is 0 Å². The van der Waals surface area contributed by atoms with Crippen molar-refractivity contribution >= 4 is 18.0 Å². The molecule has 0 radical (unpaired) electrons. The number of amides is 1. The van der Waals surface area contributed by atoms with Crippen molar-refractivity contribution in [1.29, 1.82) is 0 Å². The molecule has 1 heterocycles. The highest BCUT2D eigenvalue weighted by molar-refractivity contribution is 5.91. The predicted molar refractivity (Wildman–Crippen MR) is 65.9 cm³/mol. The molecule has 0 saturated carbocycles. The van der Waals surface area contributed by atoms with Crippen LogP contribution in [0.15, 0.2) is 12.2 Å². The molecule has 112 valence electrons. The number of carbonyl (C=O) groups excluding carboxylic acids is 3. The molecule has 1 amide bonds. The van der Waals surface area contributed by atoms with Gasteiger partial charge in [0.05, 0.1) is 20.3 Å². The first-order valence-corrected chi connectivity index (χ1v) is 6.05. The topological polar surface area (TPSA) is 91.4 Å². The monoisotopic (exact) mass is 287 g/mol. The van der Waals surface area contributed by atoms with Crippen LogP contribution in [0, 0.1) is 0 Å². The molecule has 0 spiro atoms. The second kappa shape index (κ2) is 8.92. The molecule has 1 aliphatic heterocycles. The minimum Gasteiger partial charge on any atom is -0.466 e. The number of methoxy groups -OCH3 is 1. The fourth-order valence-corrected chi connectivity index (χ4v) is 1.36. The van der Waals surface area contributed by atoms with Crippen molar-refractivity contribution < 1.29 is 33.3 Å². The summed E-state index contributed by atoms with van der Waals surface area (Å²) in [6.45, 7) is 1.82. The van der Waals surface area contributed by atoms with Crippen LogP contribution in [0.5, 0.6) is 0 Å². The third-order valence-corrected chi connectivity index (χ3v) is 2.38. The summed E-state index contributed by atoms with van der Waals surface area (Å²) in [7, 11) is 1.20. The first kappa shape index (κ1) is 16.0. The molecule has 8 heteroatoms. The first-order chi connectivity index (χ1) is 9.63. The molecule has 1 rings (SSSR count). The van der Waals surface area contributed by atoms with Crippen LogP contribution in [0.1, 0.15) is 0 Å². The van der Waals surface area contributed by atoms with Crippen LogP contribution < -0.4 is 0 Å². The van der Waals surface area contributed by atoms with E-state index in [-0.39, 0.29) is 13.2 Å². The van der Waals surface area contributed by atoms with E-state index in [4.69, 9.17) is 14.2 Å². The van der Waals surface area contributed by atoms with E-state index in [2.05, 4.69) is 4.74 Å². The van der Waals surface area contributed by atoms with Crippen molar-refractivity contribution in [2.45, 2.75) is 0 Å². The summed E-state index contributed by atoms with van der Waals surface area (Å²) < 4.78 is 19.0. The Morgan fingerprint density at radius 3 is 2.30 bits per heavy atom. The lowest BCUT2D eigenvalue weighted by Crippen LogP contribution is -2.41. The highest BCUT2D eigenvalue weighted by atomic mass is 16.6. The van der Waals surface area contributed by atoms with Gasteiger partial charge in [0.15, 0.2) is 0 Å². The van der Waals surface area contributed by atoms with E-state index in [0.717, 1.165) is 12.2 Å². The predicted octanol–water partition coefficient (Wildman–Crippen LogP) is -0.272. The molecule has 0 aliphatic carbocycles. The maximum absolute atomic E-state index is 11.5. The lowest BCUT2D eigenvalue weighted by Gasteiger charge is -2.25. The normalized spacial score (nSPS) is 14.9. The molecule has 0 aromatic rings. The number of morpholine rings is 1. The number of hydrogen-bond donors (Lipinski definition) is 0. The van der Waals surface area contributed by atoms with Crippen LogP contribution >= 0.6 is 0 Å². The van der Waals surface area contributed by atoms with Crippen LogP contribution in [0.2, 0.25) is 0 Å². The standard InChI is InChI=1S/C12H17NO7/c1-17-10(14)2-3-11(15)19-8-9-20-12(16)13-4-6-18-7-5-13/h2-3H,4-9H2,1H3/b3-2+. The maximum atomic E-state index is 11.5. The van der Waals surface area contributed by atoms with Gasteiger partial charge in [-0.05, 0) is 0 Å². The Balaban J connectivity index is 2.11. The van der Waals surface area contributed by atoms with Crippen LogP contribution in [0.25, 0.3) is 0 Å². The second-order valence-corrected chi connectivity index (χ2v) is 3.74. The average Bonchev–Trinajstić information content (AvgIpc) is 2.49. The summed E-state index contributed by atoms with van der Waals surface area (Å²) in [6, 6.07) is 0. The summed E-state index contributed by atoms with van der Waals surface area (Å²) in [5.41, 5.74) is 0. The Morgan fingerprint density at radius 2 is 1.65 bits per heavy atom. The minimum absolute atomic E-state index is 0.0476. The molecule has 8 nitrogen and oxygen atoms in total. The van der Waals surface area contributed by atoms with E-state index in [0.29, 0.717) is 26.3 Å². The molecular weight excluding hydrogens is 270 g/mol. The van der Waals surface area contributed by atoms with Crippen molar-refractivity contribution in [3.8, 4) is 0 Å². The zero-order valence-electron chi connectivity index (χ0n) is 11.2. The molecule has 0 aromatic heterocycles. The van der Waals surface area contributed by atoms with Gasteiger partial charge in [0, 0.05) is 25.2 Å². The average molecular weight is 287 g/mol. The molecule has 0 unspecified atom stereocenters. The zero-order valence-corrected chi connectivity index (χ0v) is 11.2. The zero-order chi connectivity index (χ0) is 14.8. The number of carbonyl (C=O) groups is 3. The van der Waals surface area contributed by atoms with E-state index in [1.165, 1.54) is 12.0 Å². The molecule has 0 bridgehead atoms. The summed E-state index contributed by atoms with van der Waals surface area (Å²) in [5.74, 6) is -1.36. The summed E-state index contributed by atoms with van der Waals surface area (Å²) in [5, 5.41) is 0. The minimum atomic E-state index is -0.710. The van der Waals surface area contributed by atoms with Gasteiger partial charge in [-0.25, -0.2) is 14.4 Å².